The number of hydrogen-bond acceptors (Lipinski definition) is 9. The van der Waals surface area contributed by atoms with Crippen molar-refractivity contribution < 1.29 is 14.3 Å². The molecule has 0 spiro atoms. The van der Waals surface area contributed by atoms with E-state index in [0.29, 0.717) is 29.1 Å². The van der Waals surface area contributed by atoms with Crippen molar-refractivity contribution in [2.75, 3.05) is 45.3 Å². The molecule has 2 aromatic rings. The monoisotopic (exact) mass is 390 g/mol. The molecule has 2 aliphatic heterocycles. The van der Waals surface area contributed by atoms with Crippen LogP contribution in [0.1, 0.15) is 22.4 Å². The summed E-state index contributed by atoms with van der Waals surface area (Å²) in [6.07, 6.45) is 1.54. The molecule has 0 radical (unpaired) electrons. The predicted molar refractivity (Wildman–Crippen MR) is 98.9 cm³/mol. The van der Waals surface area contributed by atoms with Gasteiger partial charge in [-0.15, -0.1) is 5.10 Å². The maximum atomic E-state index is 12.6. The lowest BCUT2D eigenvalue weighted by Gasteiger charge is -2.26. The molecule has 0 N–H and O–H groups in total. The van der Waals surface area contributed by atoms with Gasteiger partial charge >= 0.3 is 0 Å². The number of rotatable bonds is 5. The zero-order valence-corrected chi connectivity index (χ0v) is 16.4. The van der Waals surface area contributed by atoms with E-state index in [0.717, 1.165) is 43.5 Å². The Balaban J connectivity index is 1.50. The van der Waals surface area contributed by atoms with Gasteiger partial charge < -0.3 is 19.3 Å². The lowest BCUT2D eigenvalue weighted by atomic mass is 9.83. The molecule has 0 unspecified atom stereocenters. The number of aromatic nitrogens is 4. The molecule has 2 fully saturated rings. The summed E-state index contributed by atoms with van der Waals surface area (Å²) in [5, 5.41) is 3.77. The van der Waals surface area contributed by atoms with E-state index >= 15 is 0 Å². The number of carbonyl (C=O) groups excluding carboxylic acids is 1. The number of ether oxygens (including phenoxy) is 2. The molecule has 4 rings (SSSR count). The fourth-order valence-corrected chi connectivity index (χ4v) is 4.49. The van der Waals surface area contributed by atoms with E-state index in [2.05, 4.69) is 31.4 Å². The number of fused-ring (bicyclic) bond motifs is 1. The molecule has 2 aromatic heterocycles. The van der Waals surface area contributed by atoms with E-state index in [-0.39, 0.29) is 11.3 Å². The van der Waals surface area contributed by atoms with Crippen LogP contribution in [0.3, 0.4) is 0 Å². The molecule has 0 aromatic carbocycles. The molecule has 0 aliphatic carbocycles. The Labute approximate surface area is 161 Å². The van der Waals surface area contributed by atoms with E-state index in [1.165, 1.54) is 0 Å². The maximum Gasteiger partial charge on any atom is 0.267 e. The van der Waals surface area contributed by atoms with Gasteiger partial charge in [0.05, 0.1) is 13.3 Å². The van der Waals surface area contributed by atoms with Crippen molar-refractivity contribution in [1.29, 1.82) is 0 Å². The van der Waals surface area contributed by atoms with E-state index in [1.807, 2.05) is 11.0 Å². The lowest BCUT2D eigenvalue weighted by molar-refractivity contribution is 0.0779. The van der Waals surface area contributed by atoms with Gasteiger partial charge in [0, 0.05) is 50.7 Å². The predicted octanol–water partition coefficient (Wildman–Crippen LogP) is 1.08. The van der Waals surface area contributed by atoms with Crippen LogP contribution in [0.15, 0.2) is 12.3 Å². The van der Waals surface area contributed by atoms with Gasteiger partial charge in [-0.25, -0.2) is 4.98 Å². The average Bonchev–Trinajstić information content (AvgIpc) is 3.35. The second kappa shape index (κ2) is 7.01. The van der Waals surface area contributed by atoms with Gasteiger partial charge in [-0.3, -0.25) is 4.79 Å². The van der Waals surface area contributed by atoms with Crippen molar-refractivity contribution in [2.24, 2.45) is 11.3 Å². The third kappa shape index (κ3) is 3.34. The summed E-state index contributed by atoms with van der Waals surface area (Å²) < 4.78 is 14.3. The first kappa shape index (κ1) is 18.1. The first-order valence-electron chi connectivity index (χ1n) is 8.75. The van der Waals surface area contributed by atoms with Crippen molar-refractivity contribution in [1.82, 2.24) is 24.5 Å². The van der Waals surface area contributed by atoms with Crippen molar-refractivity contribution in [3.63, 3.8) is 0 Å². The Morgan fingerprint density at radius 2 is 2.19 bits per heavy atom. The Kier molecular flexibility index (Phi) is 4.68. The zero-order valence-electron chi connectivity index (χ0n) is 15.6. The largest absolute Gasteiger partial charge is 0.481 e. The molecule has 0 bridgehead atoms. The Hall–Kier alpha value is -2.33. The Morgan fingerprint density at radius 1 is 1.33 bits per heavy atom. The van der Waals surface area contributed by atoms with Gasteiger partial charge in [-0.1, -0.05) is 11.4 Å². The molecule has 1 amide bonds. The van der Waals surface area contributed by atoms with Crippen molar-refractivity contribution >= 4 is 23.3 Å². The fourth-order valence-electron chi connectivity index (χ4n) is 4.01. The summed E-state index contributed by atoms with van der Waals surface area (Å²) >= 11 is 1.15. The minimum atomic E-state index is 0.0212. The molecule has 2 aliphatic rings. The second-order valence-corrected chi connectivity index (χ2v) is 8.10. The Morgan fingerprint density at radius 3 is 2.85 bits per heavy atom. The van der Waals surface area contributed by atoms with Crippen LogP contribution in [0.2, 0.25) is 0 Å². The first-order chi connectivity index (χ1) is 13.0. The maximum absolute atomic E-state index is 12.6. The minimum absolute atomic E-state index is 0.0212. The normalized spacial score (nSPS) is 24.3. The average molecular weight is 390 g/mol. The van der Waals surface area contributed by atoms with Gasteiger partial charge in [-0.2, -0.15) is 4.98 Å². The number of hydrogen-bond donors (Lipinski definition) is 0. The van der Waals surface area contributed by atoms with Crippen LogP contribution in [0.25, 0.3) is 0 Å². The van der Waals surface area contributed by atoms with Crippen LogP contribution in [-0.2, 0) is 11.3 Å². The number of methoxy groups -OCH3 is 2. The quantitative estimate of drug-likeness (QED) is 0.749. The number of nitrogens with zero attached hydrogens (tertiary/aromatic N) is 6. The summed E-state index contributed by atoms with van der Waals surface area (Å²) in [7, 11) is 3.22. The molecular formula is C17H22N6O3S. The molecule has 10 heteroatoms. The molecule has 9 nitrogen and oxygen atoms in total. The zero-order chi connectivity index (χ0) is 19.0. The van der Waals surface area contributed by atoms with Crippen molar-refractivity contribution in [2.45, 2.75) is 13.5 Å². The molecule has 144 valence electrons. The summed E-state index contributed by atoms with van der Waals surface area (Å²) in [5.41, 5.74) is 0.0212. The SMILES string of the molecule is COCc1nc(OC)cc(N2C[C@@H]3CN(C(=O)c4cnns4)C[C@]3(C)C2)n1. The van der Waals surface area contributed by atoms with E-state index in [9.17, 15) is 4.79 Å². The van der Waals surface area contributed by atoms with Crippen LogP contribution in [0.5, 0.6) is 5.88 Å². The summed E-state index contributed by atoms with van der Waals surface area (Å²) in [5.74, 6) is 2.38. The standard InChI is InChI=1S/C17H22N6O3S/c1-17-9-22(14-4-15(26-3)20-13(19-14)8-25-2)6-11(17)7-23(10-17)16(24)12-5-18-21-27-12/h4-5,11H,6-10H2,1-3H3/t11-,17+/m1/s1. The molecule has 2 atom stereocenters. The molecule has 4 heterocycles. The summed E-state index contributed by atoms with van der Waals surface area (Å²) in [4.78, 5) is 26.3. The highest BCUT2D eigenvalue weighted by Crippen LogP contribution is 2.44. The Bertz CT molecular complexity index is 832. The number of anilines is 1. The molecule has 27 heavy (non-hydrogen) atoms. The van der Waals surface area contributed by atoms with Crippen molar-refractivity contribution in [3.8, 4) is 5.88 Å². The van der Waals surface area contributed by atoms with Crippen LogP contribution in [0.4, 0.5) is 5.82 Å². The molecule has 2 saturated heterocycles. The minimum Gasteiger partial charge on any atom is -0.481 e. The number of likely N-dealkylation sites (tertiary alicyclic amines) is 1. The van der Waals surface area contributed by atoms with Crippen LogP contribution < -0.4 is 9.64 Å². The molecule has 0 saturated carbocycles. The topological polar surface area (TPSA) is 93.6 Å². The molecular weight excluding hydrogens is 368 g/mol. The van der Waals surface area contributed by atoms with Gasteiger partial charge in [0.25, 0.3) is 5.91 Å². The number of amides is 1. The van der Waals surface area contributed by atoms with Crippen LogP contribution >= 0.6 is 11.5 Å². The third-order valence-electron chi connectivity index (χ3n) is 5.37. The van der Waals surface area contributed by atoms with Gasteiger partial charge in [0.2, 0.25) is 5.88 Å². The van der Waals surface area contributed by atoms with Gasteiger partial charge in [0.1, 0.15) is 17.3 Å². The van der Waals surface area contributed by atoms with Gasteiger partial charge in [-0.05, 0) is 11.5 Å². The fraction of sp³-hybridized carbons (Fsp3) is 0.588. The van der Waals surface area contributed by atoms with E-state index in [4.69, 9.17) is 9.47 Å². The van der Waals surface area contributed by atoms with Crippen LogP contribution in [0, 0.1) is 11.3 Å². The van der Waals surface area contributed by atoms with E-state index < -0.39 is 0 Å². The lowest BCUT2D eigenvalue weighted by Crippen LogP contribution is -2.35. The highest BCUT2D eigenvalue weighted by atomic mass is 32.1. The third-order valence-corrected chi connectivity index (χ3v) is 6.03. The summed E-state index contributed by atoms with van der Waals surface area (Å²) in [6.45, 7) is 5.70. The highest BCUT2D eigenvalue weighted by molar-refractivity contribution is 7.07. The first-order valence-corrected chi connectivity index (χ1v) is 9.52. The van der Waals surface area contributed by atoms with Crippen LogP contribution in [-0.4, -0.2) is 70.8 Å². The number of carbonyl (C=O) groups is 1. The van der Waals surface area contributed by atoms with Gasteiger partial charge in [0.15, 0.2) is 5.82 Å². The smallest absolute Gasteiger partial charge is 0.267 e. The second-order valence-electron chi connectivity index (χ2n) is 7.32. The highest BCUT2D eigenvalue weighted by Gasteiger charge is 2.51. The van der Waals surface area contributed by atoms with Crippen molar-refractivity contribution in [3.05, 3.63) is 23.0 Å². The summed E-state index contributed by atoms with van der Waals surface area (Å²) in [6, 6.07) is 1.86. The van der Waals surface area contributed by atoms with E-state index in [1.54, 1.807) is 20.4 Å².